The van der Waals surface area contributed by atoms with Crippen molar-refractivity contribution in [3.8, 4) is 0 Å². The standard InChI is InChI=1S/C14H25NO4/c1-9(2)12(16)10-6-7-11(8-10)15(18)13(17)19-14(3,4)5/h6-7,9-12,16,18H,8H2,1-5H3/t10-,11+,12?/m1/s1. The molecule has 1 aliphatic carbocycles. The Kier molecular flexibility index (Phi) is 4.98. The highest BCUT2D eigenvalue weighted by molar-refractivity contribution is 5.67. The number of amides is 1. The van der Waals surface area contributed by atoms with Crippen molar-refractivity contribution in [3.05, 3.63) is 12.2 Å². The van der Waals surface area contributed by atoms with Gasteiger partial charge in [0.05, 0.1) is 12.1 Å². The van der Waals surface area contributed by atoms with Crippen molar-refractivity contribution in [2.45, 2.75) is 58.8 Å². The van der Waals surface area contributed by atoms with E-state index in [4.69, 9.17) is 4.74 Å². The predicted molar refractivity (Wildman–Crippen MR) is 71.7 cm³/mol. The average molecular weight is 271 g/mol. The summed E-state index contributed by atoms with van der Waals surface area (Å²) in [7, 11) is 0. The van der Waals surface area contributed by atoms with Crippen molar-refractivity contribution in [3.63, 3.8) is 0 Å². The minimum absolute atomic E-state index is 0.0397. The third kappa shape index (κ3) is 4.51. The molecule has 0 aliphatic heterocycles. The van der Waals surface area contributed by atoms with Crippen LogP contribution >= 0.6 is 0 Å². The lowest BCUT2D eigenvalue weighted by molar-refractivity contribution is -0.112. The summed E-state index contributed by atoms with van der Waals surface area (Å²) < 4.78 is 5.10. The van der Waals surface area contributed by atoms with Gasteiger partial charge in [-0.3, -0.25) is 5.21 Å². The molecule has 0 heterocycles. The summed E-state index contributed by atoms with van der Waals surface area (Å²) in [4.78, 5) is 11.7. The normalized spacial score (nSPS) is 24.6. The smallest absolute Gasteiger partial charge is 0.434 e. The molecule has 1 aliphatic rings. The Labute approximate surface area is 114 Å². The fraction of sp³-hybridized carbons (Fsp3) is 0.786. The van der Waals surface area contributed by atoms with Crippen molar-refractivity contribution in [1.82, 2.24) is 5.06 Å². The van der Waals surface area contributed by atoms with Crippen molar-refractivity contribution in [1.29, 1.82) is 0 Å². The molecule has 1 unspecified atom stereocenters. The van der Waals surface area contributed by atoms with Crippen molar-refractivity contribution >= 4 is 6.09 Å². The predicted octanol–water partition coefficient (Wildman–Crippen LogP) is 2.57. The Morgan fingerprint density at radius 1 is 1.37 bits per heavy atom. The third-order valence-corrected chi connectivity index (χ3v) is 3.11. The Morgan fingerprint density at radius 3 is 2.42 bits per heavy atom. The quantitative estimate of drug-likeness (QED) is 0.470. The lowest BCUT2D eigenvalue weighted by Gasteiger charge is -2.27. The zero-order valence-electron chi connectivity index (χ0n) is 12.3. The highest BCUT2D eigenvalue weighted by Gasteiger charge is 2.33. The van der Waals surface area contributed by atoms with E-state index in [0.717, 1.165) is 0 Å². The molecule has 0 radical (unpaired) electrons. The average Bonchev–Trinajstić information content (AvgIpc) is 2.73. The molecule has 5 nitrogen and oxygen atoms in total. The van der Waals surface area contributed by atoms with Crippen LogP contribution in [0.5, 0.6) is 0 Å². The number of hydrogen-bond acceptors (Lipinski definition) is 4. The van der Waals surface area contributed by atoms with Gasteiger partial charge in [0.15, 0.2) is 0 Å². The molecule has 0 aromatic heterocycles. The van der Waals surface area contributed by atoms with E-state index >= 15 is 0 Å². The van der Waals surface area contributed by atoms with Gasteiger partial charge < -0.3 is 9.84 Å². The molecule has 19 heavy (non-hydrogen) atoms. The van der Waals surface area contributed by atoms with Gasteiger partial charge in [-0.15, -0.1) is 0 Å². The number of carbonyl (C=O) groups is 1. The van der Waals surface area contributed by atoms with E-state index < -0.39 is 23.8 Å². The van der Waals surface area contributed by atoms with Gasteiger partial charge in [-0.2, -0.15) is 5.06 Å². The van der Waals surface area contributed by atoms with Gasteiger partial charge in [-0.05, 0) is 33.1 Å². The SMILES string of the molecule is CC(C)C(O)[C@@H]1C=C[C@H](N(O)C(=O)OC(C)(C)C)C1. The minimum Gasteiger partial charge on any atom is -0.442 e. The lowest BCUT2D eigenvalue weighted by atomic mass is 9.92. The molecule has 0 fully saturated rings. The van der Waals surface area contributed by atoms with Gasteiger partial charge in [0.2, 0.25) is 0 Å². The molecule has 0 aromatic rings. The maximum Gasteiger partial charge on any atom is 0.434 e. The fourth-order valence-corrected chi connectivity index (χ4v) is 2.08. The first-order valence-electron chi connectivity index (χ1n) is 6.69. The topological polar surface area (TPSA) is 70.0 Å². The maximum absolute atomic E-state index is 11.7. The number of carbonyl (C=O) groups excluding carboxylic acids is 1. The molecule has 5 heteroatoms. The van der Waals surface area contributed by atoms with E-state index in [1.54, 1.807) is 26.8 Å². The second-order valence-corrected chi connectivity index (χ2v) is 6.41. The van der Waals surface area contributed by atoms with Gasteiger partial charge >= 0.3 is 6.09 Å². The van der Waals surface area contributed by atoms with Crippen LogP contribution in [0.4, 0.5) is 4.79 Å². The van der Waals surface area contributed by atoms with Crippen molar-refractivity contribution < 1.29 is 19.8 Å². The summed E-state index contributed by atoms with van der Waals surface area (Å²) in [6, 6.07) is -0.437. The van der Waals surface area contributed by atoms with Crippen LogP contribution in [0.25, 0.3) is 0 Å². The summed E-state index contributed by atoms with van der Waals surface area (Å²) in [5.74, 6) is 0.101. The monoisotopic (exact) mass is 271 g/mol. The molecule has 0 spiro atoms. The maximum atomic E-state index is 11.7. The van der Waals surface area contributed by atoms with E-state index in [0.29, 0.717) is 11.5 Å². The van der Waals surface area contributed by atoms with Gasteiger partial charge in [0.25, 0.3) is 0 Å². The van der Waals surface area contributed by atoms with Crippen LogP contribution < -0.4 is 0 Å². The van der Waals surface area contributed by atoms with Gasteiger partial charge in [0.1, 0.15) is 5.60 Å². The highest BCUT2D eigenvalue weighted by Crippen LogP contribution is 2.28. The molecule has 2 N–H and O–H groups in total. The number of hydroxylamine groups is 2. The summed E-state index contributed by atoms with van der Waals surface area (Å²) in [5.41, 5.74) is -0.642. The van der Waals surface area contributed by atoms with Crippen LogP contribution in [-0.4, -0.2) is 39.2 Å². The summed E-state index contributed by atoms with van der Waals surface area (Å²) in [6.45, 7) is 9.12. The molecule has 3 atom stereocenters. The number of rotatable bonds is 3. The molecule has 110 valence electrons. The molecule has 0 saturated carbocycles. The van der Waals surface area contributed by atoms with Crippen molar-refractivity contribution in [2.24, 2.45) is 11.8 Å². The second kappa shape index (κ2) is 5.92. The Balaban J connectivity index is 2.56. The number of ether oxygens (including phenoxy) is 1. The molecule has 1 amide bonds. The largest absolute Gasteiger partial charge is 0.442 e. The van der Waals surface area contributed by atoms with E-state index in [1.807, 2.05) is 19.9 Å². The zero-order chi connectivity index (χ0) is 14.8. The highest BCUT2D eigenvalue weighted by atomic mass is 16.6. The molecular weight excluding hydrogens is 246 g/mol. The fourth-order valence-electron chi connectivity index (χ4n) is 2.08. The number of aliphatic hydroxyl groups excluding tert-OH is 1. The second-order valence-electron chi connectivity index (χ2n) is 6.41. The third-order valence-electron chi connectivity index (χ3n) is 3.11. The molecule has 0 saturated heterocycles. The first-order chi connectivity index (χ1) is 8.61. The Morgan fingerprint density at radius 2 is 1.95 bits per heavy atom. The number of aliphatic hydroxyl groups is 1. The van der Waals surface area contributed by atoms with Crippen LogP contribution in [-0.2, 0) is 4.74 Å². The van der Waals surface area contributed by atoms with Crippen LogP contribution in [0, 0.1) is 11.8 Å². The van der Waals surface area contributed by atoms with E-state index in [1.165, 1.54) is 0 Å². The number of nitrogens with zero attached hydrogens (tertiary/aromatic N) is 1. The first kappa shape index (κ1) is 16.0. The molecule has 0 bridgehead atoms. The van der Waals surface area contributed by atoms with Gasteiger partial charge in [-0.25, -0.2) is 4.79 Å². The van der Waals surface area contributed by atoms with Crippen LogP contribution in [0.1, 0.15) is 41.0 Å². The minimum atomic E-state index is -0.762. The summed E-state index contributed by atoms with van der Waals surface area (Å²) in [6.07, 6.45) is 2.87. The Bertz CT molecular complexity index is 346. The van der Waals surface area contributed by atoms with Crippen LogP contribution in [0.15, 0.2) is 12.2 Å². The van der Waals surface area contributed by atoms with Crippen LogP contribution in [0.2, 0.25) is 0 Å². The number of hydrogen-bond donors (Lipinski definition) is 2. The summed E-state index contributed by atoms with van der Waals surface area (Å²) >= 11 is 0. The molecule has 0 aromatic carbocycles. The Hall–Kier alpha value is -1.07. The van der Waals surface area contributed by atoms with E-state index in [-0.39, 0.29) is 11.8 Å². The zero-order valence-corrected chi connectivity index (χ0v) is 12.3. The first-order valence-corrected chi connectivity index (χ1v) is 6.69. The van der Waals surface area contributed by atoms with Crippen molar-refractivity contribution in [2.75, 3.05) is 0 Å². The van der Waals surface area contributed by atoms with Gasteiger partial charge in [0, 0.05) is 5.92 Å². The summed E-state index contributed by atoms with van der Waals surface area (Å²) in [5, 5.41) is 20.4. The van der Waals surface area contributed by atoms with Crippen LogP contribution in [0.3, 0.4) is 0 Å². The van der Waals surface area contributed by atoms with Gasteiger partial charge in [-0.1, -0.05) is 26.0 Å². The molecular formula is C14H25NO4. The van der Waals surface area contributed by atoms with E-state index in [9.17, 15) is 15.1 Å². The molecule has 1 rings (SSSR count). The van der Waals surface area contributed by atoms with E-state index in [2.05, 4.69) is 0 Å². The lowest BCUT2D eigenvalue weighted by Crippen LogP contribution is -2.40.